The highest BCUT2D eigenvalue weighted by molar-refractivity contribution is 5.68. The molecule has 52 heavy (non-hydrogen) atoms. The van der Waals surface area contributed by atoms with Gasteiger partial charge in [0.15, 0.2) is 30.9 Å². The Bertz CT molecular complexity index is 1490. The van der Waals surface area contributed by atoms with Crippen LogP contribution in [0.2, 0.25) is 0 Å². The summed E-state index contributed by atoms with van der Waals surface area (Å²) < 4.78 is 57.6. The second-order valence-corrected chi connectivity index (χ2v) is 11.9. The summed E-state index contributed by atoms with van der Waals surface area (Å²) >= 11 is 0. The smallest absolute Gasteiger partial charge is 0.405 e. The number of hydrogen-bond acceptors (Lipinski definition) is 16. The molecule has 0 saturated carbocycles. The molecule has 17 heteroatoms. The minimum atomic E-state index is -1.81. The number of hydrogen-bond donors (Lipinski definition) is 2. The van der Waals surface area contributed by atoms with E-state index >= 15 is 0 Å². The number of carbonyl (C=O) groups is 5. The Morgan fingerprint density at radius 2 is 1.08 bits per heavy atom. The zero-order chi connectivity index (χ0) is 37.8. The zero-order valence-corrected chi connectivity index (χ0v) is 29.0. The average Bonchev–Trinajstić information content (AvgIpc) is 3.08. The van der Waals surface area contributed by atoms with Crippen molar-refractivity contribution in [2.45, 2.75) is 102 Å². The fourth-order valence-corrected chi connectivity index (χ4v) is 5.69. The lowest BCUT2D eigenvalue weighted by molar-refractivity contribution is -0.369. The van der Waals surface area contributed by atoms with Crippen LogP contribution in [0.4, 0.5) is 4.79 Å². The van der Waals surface area contributed by atoms with Crippen molar-refractivity contribution >= 4 is 30.0 Å². The first-order valence-corrected chi connectivity index (χ1v) is 16.3. The highest BCUT2D eigenvalue weighted by Gasteiger charge is 2.56. The number of primary amides is 1. The van der Waals surface area contributed by atoms with Gasteiger partial charge in [-0.3, -0.25) is 19.2 Å². The maximum Gasteiger partial charge on any atom is 0.405 e. The SMILES string of the molecule is CC(=O)OC[C@@H]1O[C@H](O)[C@@H](O[C@H]2O[C@H](COC(C)=O)[C@@H](OC(C)=O)[C@H](OC(N)=O)[C@@H]2OC(C)=O)[C@@H](OCc2ccccc2)[C@@H]1OCc1ccccc1. The van der Waals surface area contributed by atoms with E-state index in [9.17, 15) is 29.1 Å². The van der Waals surface area contributed by atoms with E-state index in [1.807, 2.05) is 48.5 Å². The van der Waals surface area contributed by atoms with E-state index < -0.39 is 98.0 Å². The maximum atomic E-state index is 12.4. The molecule has 0 unspecified atom stereocenters. The predicted molar refractivity (Wildman–Crippen MR) is 173 cm³/mol. The van der Waals surface area contributed by atoms with Crippen LogP contribution in [-0.4, -0.2) is 110 Å². The van der Waals surface area contributed by atoms with Gasteiger partial charge in [0.1, 0.15) is 43.7 Å². The van der Waals surface area contributed by atoms with Crippen molar-refractivity contribution in [1.29, 1.82) is 0 Å². The third-order valence-corrected chi connectivity index (χ3v) is 7.82. The van der Waals surface area contributed by atoms with E-state index in [2.05, 4.69) is 0 Å². The third kappa shape index (κ3) is 11.7. The molecule has 2 saturated heterocycles. The number of carbonyl (C=O) groups excluding carboxylic acids is 5. The minimum Gasteiger partial charge on any atom is -0.463 e. The first kappa shape index (κ1) is 40.1. The zero-order valence-electron chi connectivity index (χ0n) is 29.0. The average molecular weight is 734 g/mol. The van der Waals surface area contributed by atoms with Gasteiger partial charge in [0.05, 0.1) is 13.2 Å². The molecule has 10 atom stereocenters. The lowest BCUT2D eigenvalue weighted by Gasteiger charge is -2.48. The van der Waals surface area contributed by atoms with Crippen molar-refractivity contribution in [2.24, 2.45) is 5.73 Å². The topological polar surface area (TPSA) is 224 Å². The molecular weight excluding hydrogens is 690 g/mol. The van der Waals surface area contributed by atoms with Gasteiger partial charge in [0.2, 0.25) is 0 Å². The number of rotatable bonds is 15. The lowest BCUT2D eigenvalue weighted by atomic mass is 9.96. The van der Waals surface area contributed by atoms with Crippen LogP contribution in [-0.2, 0) is 79.8 Å². The standard InChI is InChI=1S/C35H43NO16/c1-19(37)43-17-25-27(45-15-23-11-7-5-8-12-23)29(46-16-24-13-9-6-10-14-24)31(33(41)49-25)51-34-32(48-22(4)40)30(52-35(36)42)28(47-21(3)39)26(50-34)18-44-20(2)38/h5-14,25-34,41H,15-18H2,1-4H3,(H2,36,42)/t25-,26+,27+,28+,29-,30-,31-,32-,33-,34+/m0/s1. The highest BCUT2D eigenvalue weighted by atomic mass is 16.8. The van der Waals surface area contributed by atoms with E-state index in [1.54, 1.807) is 12.1 Å². The maximum absolute atomic E-state index is 12.4. The first-order valence-electron chi connectivity index (χ1n) is 16.3. The molecule has 0 radical (unpaired) electrons. The largest absolute Gasteiger partial charge is 0.463 e. The molecule has 0 spiro atoms. The Kier molecular flexibility index (Phi) is 14.9. The Labute approximate surface area is 299 Å². The van der Waals surface area contributed by atoms with Crippen molar-refractivity contribution in [1.82, 2.24) is 0 Å². The quantitative estimate of drug-likeness (QED) is 0.195. The molecule has 0 aliphatic carbocycles. The molecule has 0 aromatic heterocycles. The normalized spacial score (nSPS) is 28.6. The monoisotopic (exact) mass is 733 g/mol. The van der Waals surface area contributed by atoms with Gasteiger partial charge in [-0.05, 0) is 11.1 Å². The lowest BCUT2D eigenvalue weighted by Crippen LogP contribution is -2.66. The summed E-state index contributed by atoms with van der Waals surface area (Å²) in [6.07, 6.45) is -15.9. The molecule has 1 amide bonds. The second kappa shape index (κ2) is 19.3. The molecule has 0 bridgehead atoms. The Morgan fingerprint density at radius 1 is 0.596 bits per heavy atom. The van der Waals surface area contributed by atoms with Gasteiger partial charge in [-0.15, -0.1) is 0 Å². The van der Waals surface area contributed by atoms with Crippen molar-refractivity contribution in [2.75, 3.05) is 13.2 Å². The highest BCUT2D eigenvalue weighted by Crippen LogP contribution is 2.35. The number of amides is 1. The Balaban J connectivity index is 1.75. The van der Waals surface area contributed by atoms with E-state index in [-0.39, 0.29) is 19.8 Å². The van der Waals surface area contributed by atoms with E-state index in [0.717, 1.165) is 31.9 Å². The third-order valence-electron chi connectivity index (χ3n) is 7.82. The van der Waals surface area contributed by atoms with Crippen molar-refractivity contribution in [3.05, 3.63) is 71.8 Å². The number of benzene rings is 2. The van der Waals surface area contributed by atoms with Crippen LogP contribution in [0.1, 0.15) is 38.8 Å². The minimum absolute atomic E-state index is 0.0144. The summed E-state index contributed by atoms with van der Waals surface area (Å²) in [6, 6.07) is 18.2. The summed E-state index contributed by atoms with van der Waals surface area (Å²) in [5.74, 6) is -3.06. The van der Waals surface area contributed by atoms with Crippen LogP contribution in [0.15, 0.2) is 60.7 Å². The van der Waals surface area contributed by atoms with E-state index in [4.69, 9.17) is 53.1 Å². The van der Waals surface area contributed by atoms with Crippen molar-refractivity contribution in [3.8, 4) is 0 Å². The van der Waals surface area contributed by atoms with Crippen LogP contribution >= 0.6 is 0 Å². The molecule has 2 aliphatic rings. The van der Waals surface area contributed by atoms with Gasteiger partial charge in [-0.25, -0.2) is 4.79 Å². The van der Waals surface area contributed by atoms with Crippen molar-refractivity contribution in [3.63, 3.8) is 0 Å². The number of aliphatic hydroxyl groups excluding tert-OH is 1. The van der Waals surface area contributed by atoms with Gasteiger partial charge in [-0.2, -0.15) is 0 Å². The molecular formula is C35H43NO16. The fourth-order valence-electron chi connectivity index (χ4n) is 5.69. The molecule has 4 rings (SSSR count). The number of ether oxygens (including phenoxy) is 10. The molecule has 17 nitrogen and oxygen atoms in total. The second-order valence-electron chi connectivity index (χ2n) is 11.9. The summed E-state index contributed by atoms with van der Waals surface area (Å²) in [7, 11) is 0. The molecule has 2 aromatic rings. The van der Waals surface area contributed by atoms with Crippen LogP contribution in [0, 0.1) is 0 Å². The van der Waals surface area contributed by atoms with Crippen LogP contribution in [0.5, 0.6) is 0 Å². The molecule has 2 aliphatic heterocycles. The van der Waals surface area contributed by atoms with Gasteiger partial charge >= 0.3 is 30.0 Å². The van der Waals surface area contributed by atoms with Crippen LogP contribution in [0.25, 0.3) is 0 Å². The summed E-state index contributed by atoms with van der Waals surface area (Å²) in [4.78, 5) is 60.3. The summed E-state index contributed by atoms with van der Waals surface area (Å²) in [5.41, 5.74) is 6.89. The Morgan fingerprint density at radius 3 is 1.56 bits per heavy atom. The summed E-state index contributed by atoms with van der Waals surface area (Å²) in [5, 5.41) is 11.5. The fraction of sp³-hybridized carbons (Fsp3) is 0.514. The van der Waals surface area contributed by atoms with E-state index in [1.165, 1.54) is 6.92 Å². The van der Waals surface area contributed by atoms with Crippen molar-refractivity contribution < 1.29 is 76.4 Å². The molecule has 2 aromatic carbocycles. The molecule has 2 fully saturated rings. The van der Waals surface area contributed by atoms with Gasteiger partial charge in [-0.1, -0.05) is 60.7 Å². The van der Waals surface area contributed by atoms with Gasteiger partial charge < -0.3 is 58.2 Å². The first-order chi connectivity index (χ1) is 24.8. The summed E-state index contributed by atoms with van der Waals surface area (Å²) in [6.45, 7) is 3.62. The molecule has 2 heterocycles. The van der Waals surface area contributed by atoms with Crippen LogP contribution in [0.3, 0.4) is 0 Å². The van der Waals surface area contributed by atoms with E-state index in [0.29, 0.717) is 0 Å². The number of esters is 4. The van der Waals surface area contributed by atoms with Gasteiger partial charge in [0.25, 0.3) is 0 Å². The molecule has 3 N–H and O–H groups in total. The van der Waals surface area contributed by atoms with Gasteiger partial charge in [0, 0.05) is 27.7 Å². The predicted octanol–water partition coefficient (Wildman–Crippen LogP) is 1.44. The Hall–Kier alpha value is -4.65. The number of nitrogens with two attached hydrogens (primary N) is 1. The molecule has 284 valence electrons. The number of aliphatic hydroxyl groups is 1. The van der Waals surface area contributed by atoms with Crippen LogP contribution < -0.4 is 5.73 Å².